The second kappa shape index (κ2) is 10.4. The number of nitrogens with zero attached hydrogens (tertiary/aromatic N) is 1. The third-order valence-corrected chi connectivity index (χ3v) is 7.78. The molecule has 7 nitrogen and oxygen atoms in total. The van der Waals surface area contributed by atoms with Gasteiger partial charge in [0.1, 0.15) is 11.5 Å². The van der Waals surface area contributed by atoms with Crippen LogP contribution < -0.4 is 14.8 Å². The van der Waals surface area contributed by atoms with E-state index in [1.54, 1.807) is 25.3 Å². The number of carbonyl (C=O) groups is 1. The zero-order valence-electron chi connectivity index (χ0n) is 19.1. The summed E-state index contributed by atoms with van der Waals surface area (Å²) in [7, 11) is -1.99. The number of aryl methyl sites for hydroxylation is 1. The Morgan fingerprint density at radius 2 is 1.81 bits per heavy atom. The Labute approximate surface area is 190 Å². The van der Waals surface area contributed by atoms with E-state index in [4.69, 9.17) is 9.47 Å². The summed E-state index contributed by atoms with van der Waals surface area (Å²) in [4.78, 5) is 13.0. The highest BCUT2D eigenvalue weighted by Gasteiger charge is 2.32. The molecule has 2 aromatic carbocycles. The lowest BCUT2D eigenvalue weighted by atomic mass is 9.96. The number of sulfonamides is 1. The lowest BCUT2D eigenvalue weighted by Crippen LogP contribution is -2.43. The molecule has 1 heterocycles. The van der Waals surface area contributed by atoms with E-state index >= 15 is 0 Å². The van der Waals surface area contributed by atoms with Gasteiger partial charge >= 0.3 is 0 Å². The highest BCUT2D eigenvalue weighted by atomic mass is 32.2. The zero-order chi connectivity index (χ0) is 23.3. The molecule has 1 fully saturated rings. The first kappa shape index (κ1) is 24.1. The van der Waals surface area contributed by atoms with Crippen molar-refractivity contribution in [3.05, 3.63) is 53.6 Å². The molecule has 0 spiro atoms. The van der Waals surface area contributed by atoms with Crippen molar-refractivity contribution >= 4 is 15.9 Å². The summed E-state index contributed by atoms with van der Waals surface area (Å²) in [5.41, 5.74) is 1.78. The van der Waals surface area contributed by atoms with Crippen molar-refractivity contribution in [1.82, 2.24) is 9.62 Å². The molecule has 32 heavy (non-hydrogen) atoms. The van der Waals surface area contributed by atoms with Gasteiger partial charge in [-0.05, 0) is 75.1 Å². The van der Waals surface area contributed by atoms with Gasteiger partial charge in [-0.1, -0.05) is 12.1 Å². The number of carbonyl (C=O) groups excluding carboxylic acids is 1. The van der Waals surface area contributed by atoms with Crippen molar-refractivity contribution in [2.45, 2.75) is 44.6 Å². The monoisotopic (exact) mass is 460 g/mol. The molecule has 3 rings (SSSR count). The van der Waals surface area contributed by atoms with Crippen molar-refractivity contribution in [3.8, 4) is 11.5 Å². The molecule has 0 aromatic heterocycles. The summed E-state index contributed by atoms with van der Waals surface area (Å²) in [6, 6.07) is 12.4. The Morgan fingerprint density at radius 3 is 2.38 bits per heavy atom. The number of nitrogens with one attached hydrogen (secondary N) is 1. The fourth-order valence-corrected chi connectivity index (χ4v) is 5.47. The maximum atomic E-state index is 13.1. The maximum absolute atomic E-state index is 13.1. The molecule has 0 aliphatic carbocycles. The van der Waals surface area contributed by atoms with E-state index in [1.165, 1.54) is 4.31 Å². The van der Waals surface area contributed by atoms with E-state index in [0.717, 1.165) is 16.9 Å². The normalized spacial score (nSPS) is 16.4. The largest absolute Gasteiger partial charge is 0.497 e. The molecule has 1 unspecified atom stereocenters. The summed E-state index contributed by atoms with van der Waals surface area (Å²) < 4.78 is 38.3. The third kappa shape index (κ3) is 5.42. The number of hydrogen-bond donors (Lipinski definition) is 1. The number of benzene rings is 2. The van der Waals surface area contributed by atoms with Crippen LogP contribution in [0.4, 0.5) is 0 Å². The molecule has 1 aliphatic heterocycles. The number of methoxy groups -OCH3 is 1. The van der Waals surface area contributed by atoms with Crippen LogP contribution in [-0.2, 0) is 14.8 Å². The van der Waals surface area contributed by atoms with Crippen LogP contribution in [0.15, 0.2) is 47.4 Å². The Morgan fingerprint density at radius 1 is 1.16 bits per heavy atom. The lowest BCUT2D eigenvalue weighted by Gasteiger charge is -2.31. The molecule has 8 heteroatoms. The number of hydrogen-bond acceptors (Lipinski definition) is 5. The fraction of sp³-hybridized carbons (Fsp3) is 0.458. The first-order valence-corrected chi connectivity index (χ1v) is 12.4. The summed E-state index contributed by atoms with van der Waals surface area (Å²) in [6.45, 7) is 6.84. The SMILES string of the molecule is CCOc1ccc(S(=O)(=O)N2CCC(C(=O)NC(C)c3ccc(OC)cc3)CC2)cc1C. The van der Waals surface area contributed by atoms with Crippen LogP contribution in [-0.4, -0.2) is 45.4 Å². The van der Waals surface area contributed by atoms with E-state index in [-0.39, 0.29) is 22.8 Å². The second-order valence-electron chi connectivity index (χ2n) is 8.04. The predicted molar refractivity (Wildman–Crippen MR) is 123 cm³/mol. The highest BCUT2D eigenvalue weighted by molar-refractivity contribution is 7.89. The van der Waals surface area contributed by atoms with Gasteiger partial charge in [0.15, 0.2) is 0 Å². The quantitative estimate of drug-likeness (QED) is 0.650. The molecule has 1 amide bonds. The molecule has 2 aromatic rings. The average Bonchev–Trinajstić information content (AvgIpc) is 2.80. The number of piperidine rings is 1. The van der Waals surface area contributed by atoms with Crippen molar-refractivity contribution in [2.75, 3.05) is 26.8 Å². The van der Waals surface area contributed by atoms with Crippen LogP contribution in [0.1, 0.15) is 43.9 Å². The smallest absolute Gasteiger partial charge is 0.243 e. The van der Waals surface area contributed by atoms with Gasteiger partial charge in [-0.15, -0.1) is 0 Å². The summed E-state index contributed by atoms with van der Waals surface area (Å²) in [5.74, 6) is 1.21. The molecule has 0 bridgehead atoms. The van der Waals surface area contributed by atoms with Gasteiger partial charge in [0.2, 0.25) is 15.9 Å². The summed E-state index contributed by atoms with van der Waals surface area (Å²) in [6.07, 6.45) is 0.993. The van der Waals surface area contributed by atoms with Crippen LogP contribution >= 0.6 is 0 Å². The van der Waals surface area contributed by atoms with Gasteiger partial charge in [0, 0.05) is 19.0 Å². The standard InChI is InChI=1S/C24H32N2O5S/c1-5-31-23-11-10-22(16-17(23)2)32(28,29)26-14-12-20(13-15-26)24(27)25-18(3)19-6-8-21(30-4)9-7-19/h6-11,16,18,20H,5,12-15H2,1-4H3,(H,25,27). The van der Waals surface area contributed by atoms with Gasteiger partial charge in [-0.3, -0.25) is 4.79 Å². The Kier molecular flexibility index (Phi) is 7.79. The fourth-order valence-electron chi connectivity index (χ4n) is 3.91. The minimum absolute atomic E-state index is 0.0396. The van der Waals surface area contributed by atoms with Gasteiger partial charge < -0.3 is 14.8 Å². The van der Waals surface area contributed by atoms with Crippen LogP contribution in [0.3, 0.4) is 0 Å². The summed E-state index contributed by atoms with van der Waals surface area (Å²) in [5, 5.41) is 3.05. The van der Waals surface area contributed by atoms with E-state index < -0.39 is 10.0 Å². The number of ether oxygens (including phenoxy) is 2. The zero-order valence-corrected chi connectivity index (χ0v) is 19.9. The molecule has 1 saturated heterocycles. The van der Waals surface area contributed by atoms with Crippen LogP contribution in [0, 0.1) is 12.8 Å². The van der Waals surface area contributed by atoms with Crippen LogP contribution in [0.5, 0.6) is 11.5 Å². The summed E-state index contributed by atoms with van der Waals surface area (Å²) >= 11 is 0. The van der Waals surface area contributed by atoms with Gasteiger partial charge in [-0.25, -0.2) is 8.42 Å². The topological polar surface area (TPSA) is 84.9 Å². The molecule has 0 saturated carbocycles. The molecular weight excluding hydrogens is 428 g/mol. The van der Waals surface area contributed by atoms with Gasteiger partial charge in [0.25, 0.3) is 0 Å². The lowest BCUT2D eigenvalue weighted by molar-refractivity contribution is -0.126. The van der Waals surface area contributed by atoms with Crippen molar-refractivity contribution in [3.63, 3.8) is 0 Å². The van der Waals surface area contributed by atoms with Gasteiger partial charge in [-0.2, -0.15) is 4.31 Å². The van der Waals surface area contributed by atoms with Crippen molar-refractivity contribution < 1.29 is 22.7 Å². The van der Waals surface area contributed by atoms with E-state index in [9.17, 15) is 13.2 Å². The number of rotatable bonds is 8. The first-order valence-electron chi connectivity index (χ1n) is 10.9. The molecule has 1 aliphatic rings. The predicted octanol–water partition coefficient (Wildman–Crippen LogP) is 3.68. The third-order valence-electron chi connectivity index (χ3n) is 5.88. The second-order valence-corrected chi connectivity index (χ2v) is 9.98. The van der Waals surface area contributed by atoms with E-state index in [1.807, 2.05) is 45.0 Å². The average molecular weight is 461 g/mol. The molecule has 1 atom stereocenters. The Bertz CT molecular complexity index is 1030. The van der Waals surface area contributed by atoms with Crippen LogP contribution in [0.25, 0.3) is 0 Å². The maximum Gasteiger partial charge on any atom is 0.243 e. The van der Waals surface area contributed by atoms with Crippen LogP contribution in [0.2, 0.25) is 0 Å². The minimum Gasteiger partial charge on any atom is -0.497 e. The highest BCUT2D eigenvalue weighted by Crippen LogP contribution is 2.28. The molecule has 1 N–H and O–H groups in total. The number of amides is 1. The Hall–Kier alpha value is -2.58. The molecular formula is C24H32N2O5S. The van der Waals surface area contributed by atoms with Crippen molar-refractivity contribution in [2.24, 2.45) is 5.92 Å². The molecule has 0 radical (unpaired) electrons. The van der Waals surface area contributed by atoms with E-state index in [2.05, 4.69) is 5.32 Å². The van der Waals surface area contributed by atoms with E-state index in [0.29, 0.717) is 38.3 Å². The first-order chi connectivity index (χ1) is 15.3. The van der Waals surface area contributed by atoms with Crippen molar-refractivity contribution in [1.29, 1.82) is 0 Å². The molecule has 174 valence electrons. The minimum atomic E-state index is -3.60. The Balaban J connectivity index is 1.58. The van der Waals surface area contributed by atoms with Gasteiger partial charge in [0.05, 0.1) is 24.7 Å².